The fourth-order valence-electron chi connectivity index (χ4n) is 1.97. The van der Waals surface area contributed by atoms with E-state index >= 15 is 0 Å². The molecule has 5 nitrogen and oxygen atoms in total. The summed E-state index contributed by atoms with van der Waals surface area (Å²) in [5.41, 5.74) is 3.08. The lowest BCUT2D eigenvalue weighted by molar-refractivity contribution is 0.568. The molecule has 0 saturated carbocycles. The molecule has 0 aliphatic heterocycles. The van der Waals surface area contributed by atoms with Crippen molar-refractivity contribution in [3.05, 3.63) is 60.7 Å². The summed E-state index contributed by atoms with van der Waals surface area (Å²) in [6.07, 6.45) is 4.96. The third-order valence-corrected chi connectivity index (χ3v) is 3.06. The van der Waals surface area contributed by atoms with Gasteiger partial charge in [0.1, 0.15) is 0 Å². The zero-order valence-electron chi connectivity index (χ0n) is 11.0. The second-order valence-electron chi connectivity index (χ2n) is 4.47. The predicted molar refractivity (Wildman–Crippen MR) is 76.0 cm³/mol. The Morgan fingerprint density at radius 2 is 2.00 bits per heavy atom. The molecule has 100 valence electrons. The molecular formula is C15H14N4O. The van der Waals surface area contributed by atoms with Gasteiger partial charge < -0.3 is 9.73 Å². The Labute approximate surface area is 116 Å². The number of benzene rings is 1. The molecule has 0 spiro atoms. The highest BCUT2D eigenvalue weighted by atomic mass is 16.4. The summed E-state index contributed by atoms with van der Waals surface area (Å²) in [4.78, 5) is 4.13. The Morgan fingerprint density at radius 3 is 2.65 bits per heavy atom. The second kappa shape index (κ2) is 5.52. The summed E-state index contributed by atoms with van der Waals surface area (Å²) in [5.74, 6) is 0.525. The minimum absolute atomic E-state index is 0.193. The van der Waals surface area contributed by atoms with E-state index in [1.807, 2.05) is 36.5 Å². The molecule has 0 radical (unpaired) electrons. The smallest absolute Gasteiger partial charge is 0.247 e. The summed E-state index contributed by atoms with van der Waals surface area (Å²) in [6, 6.07) is 12.1. The molecule has 0 bridgehead atoms. The third-order valence-electron chi connectivity index (χ3n) is 3.06. The molecule has 2 heterocycles. The minimum atomic E-state index is 0.193. The summed E-state index contributed by atoms with van der Waals surface area (Å²) < 4.78 is 5.16. The van der Waals surface area contributed by atoms with Crippen molar-refractivity contribution in [1.82, 2.24) is 15.2 Å². The number of rotatable bonds is 4. The lowest BCUT2D eigenvalue weighted by Crippen LogP contribution is -2.06. The third kappa shape index (κ3) is 2.66. The highest BCUT2D eigenvalue weighted by Gasteiger charge is 2.06. The Morgan fingerprint density at radius 1 is 1.15 bits per heavy atom. The Kier molecular flexibility index (Phi) is 3.41. The van der Waals surface area contributed by atoms with Crippen LogP contribution in [0.15, 0.2) is 59.6 Å². The van der Waals surface area contributed by atoms with Gasteiger partial charge in [0.05, 0.1) is 6.04 Å². The standard InChI is InChI=1S/C15H14N4O/c1-11(13-3-2-8-16-9-13)18-14-6-4-12(5-7-14)15-19-17-10-20-15/h2-11,18H,1H3. The van der Waals surface area contributed by atoms with E-state index in [9.17, 15) is 0 Å². The van der Waals surface area contributed by atoms with Crippen molar-refractivity contribution in [2.45, 2.75) is 13.0 Å². The average Bonchev–Trinajstić information content (AvgIpc) is 3.03. The number of aromatic nitrogens is 3. The van der Waals surface area contributed by atoms with Crippen molar-refractivity contribution in [2.24, 2.45) is 0 Å². The highest BCUT2D eigenvalue weighted by Crippen LogP contribution is 2.22. The van der Waals surface area contributed by atoms with Crippen LogP contribution in [0.4, 0.5) is 5.69 Å². The normalized spacial score (nSPS) is 12.1. The number of hydrogen-bond donors (Lipinski definition) is 1. The molecule has 1 N–H and O–H groups in total. The molecule has 0 aliphatic rings. The first-order chi connectivity index (χ1) is 9.83. The second-order valence-corrected chi connectivity index (χ2v) is 4.47. The molecule has 0 fully saturated rings. The van der Waals surface area contributed by atoms with Gasteiger partial charge in [0.2, 0.25) is 12.3 Å². The van der Waals surface area contributed by atoms with Gasteiger partial charge in [-0.05, 0) is 42.8 Å². The molecule has 0 aliphatic carbocycles. The molecule has 0 saturated heterocycles. The first-order valence-electron chi connectivity index (χ1n) is 6.36. The molecular weight excluding hydrogens is 252 g/mol. The lowest BCUT2D eigenvalue weighted by Gasteiger charge is -2.15. The first-order valence-corrected chi connectivity index (χ1v) is 6.36. The Hall–Kier alpha value is -2.69. The van der Waals surface area contributed by atoms with Crippen LogP contribution in [0.25, 0.3) is 11.5 Å². The van der Waals surface area contributed by atoms with E-state index in [0.29, 0.717) is 5.89 Å². The zero-order valence-corrected chi connectivity index (χ0v) is 11.0. The number of hydrogen-bond acceptors (Lipinski definition) is 5. The summed E-state index contributed by atoms with van der Waals surface area (Å²) in [6.45, 7) is 2.10. The van der Waals surface area contributed by atoms with Crippen LogP contribution in [0.2, 0.25) is 0 Å². The van der Waals surface area contributed by atoms with Crippen molar-refractivity contribution in [1.29, 1.82) is 0 Å². The maximum Gasteiger partial charge on any atom is 0.247 e. The van der Waals surface area contributed by atoms with E-state index in [0.717, 1.165) is 16.8 Å². The van der Waals surface area contributed by atoms with Gasteiger partial charge in [0.25, 0.3) is 0 Å². The Bertz CT molecular complexity index is 650. The van der Waals surface area contributed by atoms with Crippen molar-refractivity contribution < 1.29 is 4.42 Å². The molecule has 3 aromatic rings. The van der Waals surface area contributed by atoms with Gasteiger partial charge in [0, 0.05) is 23.6 Å². The van der Waals surface area contributed by atoms with Gasteiger partial charge in [-0.1, -0.05) is 6.07 Å². The molecule has 2 aromatic heterocycles. The molecule has 1 aromatic carbocycles. The van der Waals surface area contributed by atoms with E-state index in [-0.39, 0.29) is 6.04 Å². The molecule has 5 heteroatoms. The largest absolute Gasteiger partial charge is 0.423 e. The van der Waals surface area contributed by atoms with Crippen LogP contribution >= 0.6 is 0 Å². The van der Waals surface area contributed by atoms with E-state index in [2.05, 4.69) is 33.5 Å². The average molecular weight is 266 g/mol. The maximum absolute atomic E-state index is 5.16. The number of anilines is 1. The minimum Gasteiger partial charge on any atom is -0.423 e. The van der Waals surface area contributed by atoms with Gasteiger partial charge in [-0.25, -0.2) is 0 Å². The maximum atomic E-state index is 5.16. The summed E-state index contributed by atoms with van der Waals surface area (Å²) >= 11 is 0. The van der Waals surface area contributed by atoms with Crippen LogP contribution in [0.5, 0.6) is 0 Å². The van der Waals surface area contributed by atoms with Crippen LogP contribution < -0.4 is 5.32 Å². The number of pyridine rings is 1. The molecule has 20 heavy (non-hydrogen) atoms. The van der Waals surface area contributed by atoms with Crippen molar-refractivity contribution in [3.8, 4) is 11.5 Å². The van der Waals surface area contributed by atoms with Crippen LogP contribution in [0.3, 0.4) is 0 Å². The quantitative estimate of drug-likeness (QED) is 0.785. The fraction of sp³-hybridized carbons (Fsp3) is 0.133. The summed E-state index contributed by atoms with van der Waals surface area (Å²) in [7, 11) is 0. The van der Waals surface area contributed by atoms with E-state index < -0.39 is 0 Å². The number of nitrogens with one attached hydrogen (secondary N) is 1. The molecule has 3 rings (SSSR count). The van der Waals surface area contributed by atoms with E-state index in [4.69, 9.17) is 4.42 Å². The number of nitrogens with zero attached hydrogens (tertiary/aromatic N) is 3. The monoisotopic (exact) mass is 266 g/mol. The zero-order chi connectivity index (χ0) is 13.8. The van der Waals surface area contributed by atoms with Gasteiger partial charge >= 0.3 is 0 Å². The molecule has 1 unspecified atom stereocenters. The van der Waals surface area contributed by atoms with Crippen LogP contribution in [-0.2, 0) is 0 Å². The lowest BCUT2D eigenvalue weighted by atomic mass is 10.1. The van der Waals surface area contributed by atoms with Crippen molar-refractivity contribution in [2.75, 3.05) is 5.32 Å². The Balaban J connectivity index is 1.72. The van der Waals surface area contributed by atoms with Gasteiger partial charge in [-0.3, -0.25) is 4.98 Å². The predicted octanol–water partition coefficient (Wildman–Crippen LogP) is 3.30. The van der Waals surface area contributed by atoms with Crippen LogP contribution in [0, 0.1) is 0 Å². The van der Waals surface area contributed by atoms with E-state index in [1.165, 1.54) is 6.39 Å². The van der Waals surface area contributed by atoms with Gasteiger partial charge in [0.15, 0.2) is 0 Å². The highest BCUT2D eigenvalue weighted by molar-refractivity contribution is 5.58. The van der Waals surface area contributed by atoms with Crippen molar-refractivity contribution in [3.63, 3.8) is 0 Å². The SMILES string of the molecule is CC(Nc1ccc(-c2nnco2)cc1)c1cccnc1. The fourth-order valence-corrected chi connectivity index (χ4v) is 1.97. The molecule has 0 amide bonds. The van der Waals surface area contributed by atoms with E-state index in [1.54, 1.807) is 6.20 Å². The molecule has 1 atom stereocenters. The first kappa shape index (κ1) is 12.3. The van der Waals surface area contributed by atoms with Gasteiger partial charge in [-0.15, -0.1) is 10.2 Å². The van der Waals surface area contributed by atoms with Crippen LogP contribution in [0.1, 0.15) is 18.5 Å². The summed E-state index contributed by atoms with van der Waals surface area (Å²) in [5, 5.41) is 11.0. The van der Waals surface area contributed by atoms with Gasteiger partial charge in [-0.2, -0.15) is 0 Å². The van der Waals surface area contributed by atoms with Crippen molar-refractivity contribution >= 4 is 5.69 Å². The topological polar surface area (TPSA) is 63.8 Å². The van der Waals surface area contributed by atoms with Crippen LogP contribution in [-0.4, -0.2) is 15.2 Å².